The Morgan fingerprint density at radius 1 is 1.35 bits per heavy atom. The molecule has 1 aliphatic rings. The molecule has 0 saturated carbocycles. The molecule has 2 heterocycles. The predicted octanol–water partition coefficient (Wildman–Crippen LogP) is 0.201. The molecule has 11 nitrogen and oxygen atoms in total. The van der Waals surface area contributed by atoms with E-state index < -0.39 is 22.3 Å². The van der Waals surface area contributed by atoms with E-state index in [-0.39, 0.29) is 6.54 Å². The van der Waals surface area contributed by atoms with Crippen LogP contribution in [-0.4, -0.2) is 43.5 Å². The summed E-state index contributed by atoms with van der Waals surface area (Å²) < 4.78 is 29.8. The molecule has 0 bridgehead atoms. The summed E-state index contributed by atoms with van der Waals surface area (Å²) in [5.41, 5.74) is 0.733. The Hall–Kier alpha value is -1.19. The zero-order chi connectivity index (χ0) is 14.8. The molecule has 4 N–H and O–H groups in total. The Morgan fingerprint density at radius 2 is 2.10 bits per heavy atom. The number of nitrogens with one attached hydrogen (secondary N) is 1. The van der Waals surface area contributed by atoms with Crippen LogP contribution >= 0.6 is 15.6 Å². The first kappa shape index (κ1) is 15.2. The van der Waals surface area contributed by atoms with E-state index in [1.807, 2.05) is 0 Å². The maximum atomic E-state index is 11.2. The molecule has 0 aromatic carbocycles. The molecule has 1 atom stereocenters. The summed E-state index contributed by atoms with van der Waals surface area (Å²) in [6.07, 6.45) is 2.76. The van der Waals surface area contributed by atoms with Crippen LogP contribution in [0.2, 0.25) is 0 Å². The number of anilines is 1. The first-order valence-electron chi connectivity index (χ1n) is 5.10. The van der Waals surface area contributed by atoms with Crippen molar-refractivity contribution in [1.82, 2.24) is 9.97 Å². The van der Waals surface area contributed by atoms with Gasteiger partial charge in [-0.15, -0.1) is 0 Å². The summed E-state index contributed by atoms with van der Waals surface area (Å²) >= 11 is 0. The molecule has 0 amide bonds. The van der Waals surface area contributed by atoms with Gasteiger partial charge in [-0.05, 0) is 0 Å². The fourth-order valence-electron chi connectivity index (χ4n) is 1.33. The lowest BCUT2D eigenvalue weighted by atomic mass is 10.3. The van der Waals surface area contributed by atoms with Crippen LogP contribution < -0.4 is 5.32 Å². The molecule has 20 heavy (non-hydrogen) atoms. The number of phosphoric acid groups is 2. The van der Waals surface area contributed by atoms with Crippen LogP contribution in [0.1, 0.15) is 0 Å². The Bertz CT molecular complexity index is 629. The van der Waals surface area contributed by atoms with E-state index in [4.69, 9.17) is 14.7 Å². The highest BCUT2D eigenvalue weighted by Crippen LogP contribution is 2.57. The monoisotopic (exact) mass is 324 g/mol. The van der Waals surface area contributed by atoms with Gasteiger partial charge in [-0.1, -0.05) is 0 Å². The van der Waals surface area contributed by atoms with Gasteiger partial charge >= 0.3 is 15.6 Å². The zero-order valence-corrected chi connectivity index (χ0v) is 11.6. The fourth-order valence-corrected chi connectivity index (χ4v) is 2.91. The maximum absolute atomic E-state index is 11.2. The highest BCUT2D eigenvalue weighted by Gasteiger charge is 2.32. The number of aliphatic imine (C=N–C) groups is 1. The molecule has 0 saturated heterocycles. The van der Waals surface area contributed by atoms with Gasteiger partial charge in [0.1, 0.15) is 12.0 Å². The van der Waals surface area contributed by atoms with E-state index >= 15 is 0 Å². The van der Waals surface area contributed by atoms with E-state index in [2.05, 4.69) is 29.1 Å². The lowest BCUT2D eigenvalue weighted by molar-refractivity contribution is 0.194. The van der Waals surface area contributed by atoms with Crippen molar-refractivity contribution in [3.8, 4) is 0 Å². The number of hydrogen-bond donors (Lipinski definition) is 4. The molecule has 1 aromatic rings. The minimum Gasteiger partial charge on any atom is -0.363 e. The molecule has 1 unspecified atom stereocenters. The molecule has 110 valence electrons. The zero-order valence-electron chi connectivity index (χ0n) is 9.78. The van der Waals surface area contributed by atoms with Crippen LogP contribution in [0, 0.1) is 0 Å². The molecular formula is C7H10N4O7P2. The van der Waals surface area contributed by atoms with Crippen molar-refractivity contribution in [2.24, 2.45) is 4.99 Å². The van der Waals surface area contributed by atoms with Gasteiger partial charge in [0.25, 0.3) is 0 Å². The first-order valence-corrected chi connectivity index (χ1v) is 8.12. The van der Waals surface area contributed by atoms with Gasteiger partial charge in [-0.2, -0.15) is 4.31 Å². The van der Waals surface area contributed by atoms with Crippen molar-refractivity contribution in [1.29, 1.82) is 0 Å². The van der Waals surface area contributed by atoms with Crippen LogP contribution in [0.4, 0.5) is 11.5 Å². The van der Waals surface area contributed by atoms with Crippen molar-refractivity contribution in [3.05, 3.63) is 12.5 Å². The van der Waals surface area contributed by atoms with Gasteiger partial charge in [0.05, 0.1) is 25.1 Å². The summed E-state index contributed by atoms with van der Waals surface area (Å²) in [5.74, 6) is 0.502. The van der Waals surface area contributed by atoms with Crippen molar-refractivity contribution < 1.29 is 32.6 Å². The summed E-state index contributed by atoms with van der Waals surface area (Å²) in [7, 11) is -9.99. The second kappa shape index (κ2) is 5.66. The SMILES string of the molecule is O=P(O)(O)OP(=O)(O)OCC1=Nc2cncnc2NC1. The topological polar surface area (TPSA) is 163 Å². The fraction of sp³-hybridized carbons (Fsp3) is 0.286. The van der Waals surface area contributed by atoms with Gasteiger partial charge in [0.2, 0.25) is 0 Å². The van der Waals surface area contributed by atoms with Gasteiger partial charge in [-0.3, -0.25) is 4.52 Å². The molecular weight excluding hydrogens is 314 g/mol. The largest absolute Gasteiger partial charge is 0.481 e. The Kier molecular flexibility index (Phi) is 4.31. The number of fused-ring (bicyclic) bond motifs is 1. The van der Waals surface area contributed by atoms with Crippen LogP contribution in [0.5, 0.6) is 0 Å². The summed E-state index contributed by atoms with van der Waals surface area (Å²) in [6.45, 7) is -0.255. The standard InChI is InChI=1S/C7H10N4O7P2/c12-19(13,14)18-20(15,16)17-3-5-1-9-7-6(11-5)2-8-4-10-7/h2,4H,1,3H2,(H,15,16)(H,8,9,10)(H2,12,13,14). The van der Waals surface area contributed by atoms with E-state index in [1.165, 1.54) is 12.5 Å². The summed E-state index contributed by atoms with van der Waals surface area (Å²) in [4.78, 5) is 37.7. The Labute approximate surface area is 112 Å². The minimum atomic E-state index is -5.12. The first-order chi connectivity index (χ1) is 9.25. The third-order valence-corrected chi connectivity index (χ3v) is 4.17. The minimum absolute atomic E-state index is 0.194. The van der Waals surface area contributed by atoms with E-state index in [0.29, 0.717) is 17.2 Å². The van der Waals surface area contributed by atoms with Crippen LogP contribution in [0.3, 0.4) is 0 Å². The molecule has 13 heteroatoms. The number of rotatable bonds is 5. The van der Waals surface area contributed by atoms with Gasteiger partial charge in [0.15, 0.2) is 5.82 Å². The van der Waals surface area contributed by atoms with Crippen molar-refractivity contribution in [2.75, 3.05) is 18.5 Å². The molecule has 1 aliphatic heterocycles. The Morgan fingerprint density at radius 3 is 2.80 bits per heavy atom. The highest BCUT2D eigenvalue weighted by atomic mass is 31.3. The van der Waals surface area contributed by atoms with Crippen LogP contribution in [0.25, 0.3) is 0 Å². The number of aromatic nitrogens is 2. The smallest absolute Gasteiger partial charge is 0.363 e. The molecule has 0 aliphatic carbocycles. The van der Waals surface area contributed by atoms with Crippen LogP contribution in [0.15, 0.2) is 17.5 Å². The molecule has 0 fully saturated rings. The van der Waals surface area contributed by atoms with E-state index in [0.717, 1.165) is 0 Å². The normalized spacial score (nSPS) is 17.6. The molecule has 1 aromatic heterocycles. The molecule has 2 rings (SSSR count). The van der Waals surface area contributed by atoms with Crippen LogP contribution in [-0.2, 0) is 18.0 Å². The van der Waals surface area contributed by atoms with Crippen molar-refractivity contribution in [2.45, 2.75) is 0 Å². The van der Waals surface area contributed by atoms with Gasteiger partial charge < -0.3 is 20.0 Å². The maximum Gasteiger partial charge on any atom is 0.481 e. The second-order valence-electron chi connectivity index (χ2n) is 3.60. The summed E-state index contributed by atoms with van der Waals surface area (Å²) in [5, 5.41) is 2.87. The van der Waals surface area contributed by atoms with Crippen molar-refractivity contribution >= 4 is 32.9 Å². The van der Waals surface area contributed by atoms with E-state index in [9.17, 15) is 9.13 Å². The third kappa shape index (κ3) is 4.43. The molecule has 0 radical (unpaired) electrons. The third-order valence-electron chi connectivity index (χ3n) is 2.04. The lowest BCUT2D eigenvalue weighted by Gasteiger charge is -2.17. The quantitative estimate of drug-likeness (QED) is 0.550. The van der Waals surface area contributed by atoms with E-state index in [1.54, 1.807) is 0 Å². The average Bonchev–Trinajstić information content (AvgIpc) is 2.33. The number of phosphoric ester groups is 1. The number of hydrogen-bond acceptors (Lipinski definition) is 8. The highest BCUT2D eigenvalue weighted by molar-refractivity contribution is 7.60. The van der Waals surface area contributed by atoms with Gasteiger partial charge in [0, 0.05) is 0 Å². The average molecular weight is 324 g/mol. The lowest BCUT2D eigenvalue weighted by Crippen LogP contribution is -2.22. The Balaban J connectivity index is 2.01. The second-order valence-corrected chi connectivity index (χ2v) is 6.43. The summed E-state index contributed by atoms with van der Waals surface area (Å²) in [6, 6.07) is 0. The predicted molar refractivity (Wildman–Crippen MR) is 66.5 cm³/mol. The van der Waals surface area contributed by atoms with Crippen molar-refractivity contribution in [3.63, 3.8) is 0 Å². The van der Waals surface area contributed by atoms with Gasteiger partial charge in [-0.25, -0.2) is 24.1 Å². The number of nitrogens with zero attached hydrogens (tertiary/aromatic N) is 3. The molecule has 0 spiro atoms.